The zero-order valence-corrected chi connectivity index (χ0v) is 11.0. The molecule has 3 heteroatoms. The van der Waals surface area contributed by atoms with Gasteiger partial charge in [-0.2, -0.15) is 0 Å². The number of hydrogen-bond donors (Lipinski definition) is 0. The number of rotatable bonds is 1. The summed E-state index contributed by atoms with van der Waals surface area (Å²) in [6.45, 7) is 2.08. The third-order valence-electron chi connectivity index (χ3n) is 2.79. The van der Waals surface area contributed by atoms with Gasteiger partial charge in [0.2, 0.25) is 0 Å². The zero-order valence-electron chi connectivity index (χ0n) is 9.39. The number of hydrogen-bond acceptors (Lipinski definition) is 1. The number of imidazole rings is 1. The first-order chi connectivity index (χ1) is 8.25. The highest BCUT2D eigenvalue weighted by Gasteiger charge is 2.10. The molecule has 17 heavy (non-hydrogen) atoms. The van der Waals surface area contributed by atoms with E-state index in [-0.39, 0.29) is 0 Å². The van der Waals surface area contributed by atoms with E-state index in [0.717, 1.165) is 21.5 Å². The van der Waals surface area contributed by atoms with Crippen molar-refractivity contribution >= 4 is 21.4 Å². The quantitative estimate of drug-likeness (QED) is 0.659. The van der Waals surface area contributed by atoms with Crippen molar-refractivity contribution in [1.29, 1.82) is 0 Å². The van der Waals surface area contributed by atoms with E-state index in [1.165, 1.54) is 5.56 Å². The van der Waals surface area contributed by atoms with E-state index in [9.17, 15) is 0 Å². The second-order valence-corrected chi connectivity index (χ2v) is 4.80. The third kappa shape index (κ3) is 1.76. The smallest absolute Gasteiger partial charge is 0.145 e. The molecule has 0 bridgehead atoms. The molecule has 0 radical (unpaired) electrons. The second kappa shape index (κ2) is 4.00. The minimum atomic E-state index is 0.889. The van der Waals surface area contributed by atoms with Crippen LogP contribution in [0.3, 0.4) is 0 Å². The topological polar surface area (TPSA) is 17.3 Å². The van der Waals surface area contributed by atoms with Gasteiger partial charge in [0.05, 0.1) is 5.52 Å². The van der Waals surface area contributed by atoms with Gasteiger partial charge in [-0.25, -0.2) is 4.98 Å². The Morgan fingerprint density at radius 2 is 1.88 bits per heavy atom. The van der Waals surface area contributed by atoms with Crippen molar-refractivity contribution in [2.24, 2.45) is 0 Å². The molecule has 84 valence electrons. The molecule has 0 N–H and O–H groups in total. The highest BCUT2D eigenvalue weighted by molar-refractivity contribution is 9.10. The molecule has 0 amide bonds. The van der Waals surface area contributed by atoms with Crippen molar-refractivity contribution in [3.8, 4) is 11.4 Å². The summed E-state index contributed by atoms with van der Waals surface area (Å²) in [5, 5.41) is 0. The molecule has 0 fully saturated rings. The van der Waals surface area contributed by atoms with Crippen LogP contribution in [-0.2, 0) is 0 Å². The van der Waals surface area contributed by atoms with Gasteiger partial charge in [-0.1, -0.05) is 30.3 Å². The summed E-state index contributed by atoms with van der Waals surface area (Å²) < 4.78 is 2.99. The van der Waals surface area contributed by atoms with E-state index in [1.54, 1.807) is 0 Å². The van der Waals surface area contributed by atoms with Crippen LogP contribution in [0.1, 0.15) is 5.56 Å². The van der Waals surface area contributed by atoms with Crippen LogP contribution in [-0.4, -0.2) is 9.38 Å². The molecule has 0 aliphatic heterocycles. The maximum atomic E-state index is 4.58. The van der Waals surface area contributed by atoms with Crippen molar-refractivity contribution in [2.75, 3.05) is 0 Å². The summed E-state index contributed by atoms with van der Waals surface area (Å²) in [6, 6.07) is 14.4. The molecule has 1 aromatic carbocycles. The lowest BCUT2D eigenvalue weighted by Gasteiger charge is -2.01. The summed E-state index contributed by atoms with van der Waals surface area (Å²) in [4.78, 5) is 4.58. The van der Waals surface area contributed by atoms with Gasteiger partial charge in [-0.15, -0.1) is 0 Å². The van der Waals surface area contributed by atoms with Crippen molar-refractivity contribution in [1.82, 2.24) is 9.38 Å². The number of halogens is 1. The summed E-state index contributed by atoms with van der Waals surface area (Å²) in [6.07, 6.45) is 2.06. The van der Waals surface area contributed by atoms with Crippen molar-refractivity contribution in [3.63, 3.8) is 0 Å². The first-order valence-electron chi connectivity index (χ1n) is 5.45. The number of benzene rings is 1. The van der Waals surface area contributed by atoms with E-state index in [1.807, 2.05) is 18.2 Å². The number of pyridine rings is 1. The lowest BCUT2D eigenvalue weighted by Crippen LogP contribution is -1.88. The minimum absolute atomic E-state index is 0.889. The fourth-order valence-electron chi connectivity index (χ4n) is 1.94. The van der Waals surface area contributed by atoms with Crippen LogP contribution in [0.25, 0.3) is 16.9 Å². The lowest BCUT2D eigenvalue weighted by molar-refractivity contribution is 1.15. The van der Waals surface area contributed by atoms with Gasteiger partial charge < -0.3 is 0 Å². The van der Waals surface area contributed by atoms with Crippen LogP contribution in [0.2, 0.25) is 0 Å². The molecule has 0 atom stereocenters. The second-order valence-electron chi connectivity index (χ2n) is 4.05. The number of fused-ring (bicyclic) bond motifs is 1. The first-order valence-corrected chi connectivity index (χ1v) is 6.24. The molecule has 3 aromatic rings. The number of aryl methyl sites for hydroxylation is 1. The first kappa shape index (κ1) is 10.5. The van der Waals surface area contributed by atoms with Gasteiger partial charge in [0, 0.05) is 11.8 Å². The van der Waals surface area contributed by atoms with Gasteiger partial charge in [-0.3, -0.25) is 4.40 Å². The molecule has 0 unspecified atom stereocenters. The van der Waals surface area contributed by atoms with Crippen molar-refractivity contribution in [3.05, 3.63) is 58.8 Å². The fraction of sp³-hybridized carbons (Fsp3) is 0.0714. The minimum Gasteiger partial charge on any atom is -0.299 e. The van der Waals surface area contributed by atoms with E-state index in [2.05, 4.69) is 62.7 Å². The maximum Gasteiger partial charge on any atom is 0.145 e. The molecular weight excluding hydrogens is 276 g/mol. The molecule has 2 heterocycles. The van der Waals surface area contributed by atoms with Crippen molar-refractivity contribution in [2.45, 2.75) is 6.92 Å². The van der Waals surface area contributed by atoms with Gasteiger partial charge in [0.1, 0.15) is 10.4 Å². The lowest BCUT2D eigenvalue weighted by atomic mass is 10.2. The van der Waals surface area contributed by atoms with Crippen LogP contribution in [0.15, 0.2) is 53.3 Å². The van der Waals surface area contributed by atoms with E-state index in [4.69, 9.17) is 0 Å². The molecule has 3 rings (SSSR count). The highest BCUT2D eigenvalue weighted by Crippen LogP contribution is 2.26. The Morgan fingerprint density at radius 1 is 1.12 bits per heavy atom. The standard InChI is InChI=1S/C14H11BrN2/c1-10-7-8-17-12(9-10)13(15)16-14(17)11-5-3-2-4-6-11/h2-9H,1H3. The summed E-state index contributed by atoms with van der Waals surface area (Å²) in [7, 11) is 0. The highest BCUT2D eigenvalue weighted by atomic mass is 79.9. The van der Waals surface area contributed by atoms with E-state index >= 15 is 0 Å². The van der Waals surface area contributed by atoms with Gasteiger partial charge >= 0.3 is 0 Å². The fourth-order valence-corrected chi connectivity index (χ4v) is 2.42. The summed E-state index contributed by atoms with van der Waals surface area (Å²) >= 11 is 3.52. The third-order valence-corrected chi connectivity index (χ3v) is 3.37. The Morgan fingerprint density at radius 3 is 2.65 bits per heavy atom. The van der Waals surface area contributed by atoms with Crippen LogP contribution in [0, 0.1) is 6.92 Å². The van der Waals surface area contributed by atoms with Gasteiger partial charge in [0.25, 0.3) is 0 Å². The Labute approximate surface area is 108 Å². The van der Waals surface area contributed by atoms with Gasteiger partial charge in [-0.05, 0) is 40.5 Å². The monoisotopic (exact) mass is 286 g/mol. The zero-order chi connectivity index (χ0) is 11.8. The average molecular weight is 287 g/mol. The molecule has 2 aromatic heterocycles. The predicted octanol–water partition coefficient (Wildman–Crippen LogP) is 4.07. The van der Waals surface area contributed by atoms with Crippen LogP contribution < -0.4 is 0 Å². The molecule has 0 spiro atoms. The van der Waals surface area contributed by atoms with Gasteiger partial charge in [0.15, 0.2) is 0 Å². The molecule has 0 aliphatic rings. The Hall–Kier alpha value is -1.61. The largest absolute Gasteiger partial charge is 0.299 e. The average Bonchev–Trinajstić information content (AvgIpc) is 2.68. The maximum absolute atomic E-state index is 4.58. The normalized spacial score (nSPS) is 10.9. The molecule has 2 nitrogen and oxygen atoms in total. The molecule has 0 saturated heterocycles. The van der Waals surface area contributed by atoms with Crippen LogP contribution in [0.4, 0.5) is 0 Å². The SMILES string of the molecule is Cc1ccn2c(-c3ccccc3)nc(Br)c2c1. The summed E-state index contributed by atoms with van der Waals surface area (Å²) in [5.41, 5.74) is 3.46. The number of aromatic nitrogens is 2. The Balaban J connectivity index is 2.32. The predicted molar refractivity (Wildman–Crippen MR) is 73.1 cm³/mol. The Bertz CT molecular complexity index is 671. The van der Waals surface area contributed by atoms with E-state index in [0.29, 0.717) is 0 Å². The van der Waals surface area contributed by atoms with E-state index < -0.39 is 0 Å². The van der Waals surface area contributed by atoms with Crippen molar-refractivity contribution < 1.29 is 0 Å². The van der Waals surface area contributed by atoms with Crippen LogP contribution in [0.5, 0.6) is 0 Å². The molecular formula is C14H11BrN2. The summed E-state index contributed by atoms with van der Waals surface area (Å²) in [5.74, 6) is 0.965. The number of nitrogens with zero attached hydrogens (tertiary/aromatic N) is 2. The Kier molecular flexibility index (Phi) is 2.48. The van der Waals surface area contributed by atoms with Crippen LogP contribution >= 0.6 is 15.9 Å². The molecule has 0 aliphatic carbocycles. The molecule has 0 saturated carbocycles.